The number of ether oxygens (including phenoxy) is 40. The van der Waals surface area contributed by atoms with E-state index < -0.39 is 0 Å². The topological polar surface area (TPSA) is 410 Å². The van der Waals surface area contributed by atoms with Crippen LogP contribution >= 0.6 is 0 Å². The van der Waals surface area contributed by atoms with E-state index in [1.54, 1.807) is 0 Å². The summed E-state index contributed by atoms with van der Waals surface area (Å²) in [6, 6.07) is 0. The lowest BCUT2D eigenvalue weighted by molar-refractivity contribution is -0.146. The average Bonchev–Trinajstić information content (AvgIpc) is 1.01. The summed E-state index contributed by atoms with van der Waals surface area (Å²) in [4.78, 5) is 13.5. The zero-order chi connectivity index (χ0) is 91.4. The van der Waals surface area contributed by atoms with Gasteiger partial charge in [0, 0.05) is 0 Å². The lowest BCUT2D eigenvalue weighted by Gasteiger charge is -2.12. The Morgan fingerprint density at radius 2 is 0.227 bits per heavy atom. The number of esters is 1. The van der Waals surface area contributed by atoms with E-state index in [1.165, 1.54) is 0 Å². The van der Waals surface area contributed by atoms with E-state index in [1.807, 2.05) is 18.9 Å². The normalized spacial score (nSPS) is 11.8. The lowest BCUT2D eigenvalue weighted by atomic mass is 10.5. The van der Waals surface area contributed by atoms with Gasteiger partial charge in [-0.25, -0.2) is 0 Å². The van der Waals surface area contributed by atoms with Crippen molar-refractivity contribution in [3.63, 3.8) is 0 Å². The Bertz CT molecular complexity index is 1870. The van der Waals surface area contributed by atoms with Crippen molar-refractivity contribution < 1.29 is 199 Å². The molecule has 0 atom stereocenters. The van der Waals surface area contributed by atoms with Crippen molar-refractivity contribution in [1.82, 2.24) is 4.90 Å². The van der Waals surface area contributed by atoms with E-state index in [4.69, 9.17) is 195 Å². The van der Waals surface area contributed by atoms with Crippen molar-refractivity contribution in [1.29, 1.82) is 0 Å². The monoisotopic (exact) mass is 1880 g/mol. The van der Waals surface area contributed by atoms with E-state index in [0.29, 0.717) is 515 Å². The van der Waals surface area contributed by atoms with Crippen LogP contribution in [0.1, 0.15) is 6.92 Å². The van der Waals surface area contributed by atoms with Crippen LogP contribution in [0.3, 0.4) is 0 Å². The van der Waals surface area contributed by atoms with Gasteiger partial charge in [0.05, 0.1) is 528 Å². The molecule has 0 aromatic carbocycles. The molecule has 0 bridgehead atoms. The maximum atomic E-state index is 11.6. The van der Waals surface area contributed by atoms with E-state index in [0.717, 1.165) is 6.54 Å². The standard InChI is InChI=1S/C85H171NO42/c1-3-86(2)84-85(88)128-83-82-127-81-80-126-79-78-125-77-76-124-75-74-123-73-72-122-71-70-121-69-68-120-67-66-119-65-64-118-63-62-117-61-60-116-59-58-115-57-56-114-55-54-113-53-52-112-51-50-111-49-48-110-47-46-109-45-44-108-43-42-107-41-40-106-39-38-105-37-36-104-35-34-103-33-32-102-31-30-101-29-28-100-27-26-99-25-24-98-23-22-97-21-20-96-19-18-95-17-16-94-15-14-93-13-12-92-11-10-91-9-8-90-7-6-89-5-4-87/h87H,3-84H2,1-2H3. The highest BCUT2D eigenvalue weighted by Gasteiger charge is 2.08. The number of carbonyl (C=O) groups excluding carboxylic acids is 1. The zero-order valence-electron chi connectivity index (χ0n) is 78.1. The first-order chi connectivity index (χ1) is 63.7. The lowest BCUT2D eigenvalue weighted by Crippen LogP contribution is -2.27. The molecule has 0 saturated heterocycles. The fourth-order valence-electron chi connectivity index (χ4n) is 9.12. The minimum atomic E-state index is -0.255. The first-order valence-electron chi connectivity index (χ1n) is 45.7. The molecule has 128 heavy (non-hydrogen) atoms. The van der Waals surface area contributed by atoms with Crippen LogP contribution in [0.5, 0.6) is 0 Å². The van der Waals surface area contributed by atoms with E-state index >= 15 is 0 Å². The summed E-state index contributed by atoms with van der Waals surface area (Å²) in [6.07, 6.45) is 0. The first-order valence-corrected chi connectivity index (χ1v) is 45.7. The van der Waals surface area contributed by atoms with Crippen molar-refractivity contribution in [2.24, 2.45) is 0 Å². The minimum absolute atomic E-state index is 0.0145. The Balaban J connectivity index is 3.11. The number of rotatable bonds is 122. The van der Waals surface area contributed by atoms with Gasteiger partial charge in [0.15, 0.2) is 0 Å². The molecule has 43 heteroatoms. The number of likely N-dealkylation sites (N-methyl/N-ethyl adjacent to an activating group) is 1. The van der Waals surface area contributed by atoms with Gasteiger partial charge >= 0.3 is 5.97 Å². The van der Waals surface area contributed by atoms with Gasteiger partial charge in [-0.3, -0.25) is 9.69 Å². The van der Waals surface area contributed by atoms with E-state index in [2.05, 4.69) is 0 Å². The van der Waals surface area contributed by atoms with Crippen molar-refractivity contribution in [3.8, 4) is 0 Å². The molecule has 0 fully saturated rings. The number of hydrogen-bond donors (Lipinski definition) is 1. The third-order valence-corrected chi connectivity index (χ3v) is 15.8. The molecule has 0 rings (SSSR count). The summed E-state index contributed by atoms with van der Waals surface area (Å²) in [5.41, 5.74) is 0. The molecule has 0 amide bonds. The molecule has 0 aliphatic carbocycles. The summed E-state index contributed by atoms with van der Waals surface area (Å²) in [6.45, 7) is 40.0. The average molecular weight is 1880 g/mol. The second-order valence-electron chi connectivity index (χ2n) is 26.2. The number of aliphatic hydroxyl groups excluding tert-OH is 1. The molecule has 43 nitrogen and oxygen atoms in total. The molecule has 0 aliphatic heterocycles. The predicted octanol–water partition coefficient (Wildman–Crippen LogP) is 0.121. The first kappa shape index (κ1) is 126. The highest BCUT2D eigenvalue weighted by atomic mass is 16.6. The van der Waals surface area contributed by atoms with Gasteiger partial charge in [0.1, 0.15) is 6.61 Å². The highest BCUT2D eigenvalue weighted by Crippen LogP contribution is 1.97. The summed E-state index contributed by atoms with van der Waals surface area (Å²) in [5, 5.41) is 8.63. The van der Waals surface area contributed by atoms with Crippen LogP contribution in [0.15, 0.2) is 0 Å². The van der Waals surface area contributed by atoms with Crippen LogP contribution in [0.4, 0.5) is 0 Å². The molecule has 768 valence electrons. The molecule has 0 aliphatic rings. The Hall–Kier alpha value is -2.17. The van der Waals surface area contributed by atoms with E-state index in [9.17, 15) is 4.79 Å². The molecular formula is C85H171NO42. The zero-order valence-corrected chi connectivity index (χ0v) is 78.1. The molecule has 0 heterocycles. The Morgan fingerprint density at radius 3 is 0.305 bits per heavy atom. The minimum Gasteiger partial charge on any atom is -0.462 e. The third kappa shape index (κ3) is 120. The van der Waals surface area contributed by atoms with Crippen molar-refractivity contribution in [3.05, 3.63) is 0 Å². The second-order valence-corrected chi connectivity index (χ2v) is 26.2. The second kappa shape index (κ2) is 121. The van der Waals surface area contributed by atoms with Crippen LogP contribution in [-0.4, -0.2) is 565 Å². The summed E-state index contributed by atoms with van der Waals surface area (Å²) in [5.74, 6) is -0.255. The number of aliphatic hydroxyl groups is 1. The van der Waals surface area contributed by atoms with Gasteiger partial charge in [-0.1, -0.05) is 6.92 Å². The van der Waals surface area contributed by atoms with Gasteiger partial charge in [-0.05, 0) is 13.6 Å². The van der Waals surface area contributed by atoms with Gasteiger partial charge in [0.25, 0.3) is 0 Å². The number of carbonyl (C=O) groups is 1. The molecule has 1 N–H and O–H groups in total. The van der Waals surface area contributed by atoms with Gasteiger partial charge in [-0.2, -0.15) is 0 Å². The fraction of sp³-hybridized carbons (Fsp3) is 0.988. The Kier molecular flexibility index (Phi) is 119. The SMILES string of the molecule is CCN(C)CC(=O)OCCOCCOCCOCCOCCOCCOCCOCCOCCOCCOCCOCCOCCOCCOCCOCCOCCOCCOCCOCCOCCOCCOCCOCCOCCOCCOCCOCCOCCOCCOCCOCCOCCOCCOCCOCCOCCOCCOCCOCCO. The Morgan fingerprint density at radius 1 is 0.148 bits per heavy atom. The number of nitrogens with zero attached hydrogens (tertiary/aromatic N) is 1. The maximum Gasteiger partial charge on any atom is 0.320 e. The predicted molar refractivity (Wildman–Crippen MR) is 463 cm³/mol. The Labute approximate surface area is 763 Å². The van der Waals surface area contributed by atoms with E-state index in [-0.39, 0.29) is 25.7 Å². The third-order valence-electron chi connectivity index (χ3n) is 15.8. The van der Waals surface area contributed by atoms with Gasteiger partial charge in [0.2, 0.25) is 0 Å². The van der Waals surface area contributed by atoms with Crippen LogP contribution in [-0.2, 0) is 194 Å². The number of hydrogen-bond acceptors (Lipinski definition) is 43. The molecule has 0 aromatic heterocycles. The molecular weight excluding hydrogens is 1710 g/mol. The molecule has 0 saturated carbocycles. The van der Waals surface area contributed by atoms with Gasteiger partial charge < -0.3 is 195 Å². The van der Waals surface area contributed by atoms with Gasteiger partial charge in [-0.15, -0.1) is 0 Å². The van der Waals surface area contributed by atoms with Crippen LogP contribution in [0, 0.1) is 0 Å². The molecule has 0 radical (unpaired) electrons. The molecule has 0 spiro atoms. The van der Waals surface area contributed by atoms with Crippen LogP contribution in [0.2, 0.25) is 0 Å². The van der Waals surface area contributed by atoms with Crippen LogP contribution < -0.4 is 0 Å². The highest BCUT2D eigenvalue weighted by molar-refractivity contribution is 5.71. The molecule has 0 unspecified atom stereocenters. The van der Waals surface area contributed by atoms with Crippen molar-refractivity contribution in [2.75, 3.05) is 549 Å². The fourth-order valence-corrected chi connectivity index (χ4v) is 9.12. The molecule has 0 aromatic rings. The maximum absolute atomic E-state index is 11.6. The summed E-state index contributed by atoms with van der Waals surface area (Å²) >= 11 is 0. The van der Waals surface area contributed by atoms with Crippen LogP contribution in [0.25, 0.3) is 0 Å². The van der Waals surface area contributed by atoms with Crippen molar-refractivity contribution in [2.45, 2.75) is 6.92 Å². The quantitative estimate of drug-likeness (QED) is 0.0624. The summed E-state index contributed by atoms with van der Waals surface area (Å²) in [7, 11) is 1.86. The largest absolute Gasteiger partial charge is 0.462 e. The smallest absolute Gasteiger partial charge is 0.320 e. The summed E-state index contributed by atoms with van der Waals surface area (Å²) < 4.78 is 220. The van der Waals surface area contributed by atoms with Crippen molar-refractivity contribution >= 4 is 5.97 Å².